The minimum absolute atomic E-state index is 0.624. The van der Waals surface area contributed by atoms with Crippen molar-refractivity contribution in [3.05, 3.63) is 24.5 Å². The molecule has 0 radical (unpaired) electrons. The molecule has 0 amide bonds. The monoisotopic (exact) mass is 261 g/mol. The minimum Gasteiger partial charge on any atom is -0.370 e. The number of rotatable bonds is 7. The Bertz CT molecular complexity index is 505. The van der Waals surface area contributed by atoms with E-state index in [-0.39, 0.29) is 0 Å². The first-order chi connectivity index (χ1) is 9.16. The second-order valence-corrected chi connectivity index (χ2v) is 5.15. The van der Waals surface area contributed by atoms with Crippen LogP contribution < -0.4 is 5.32 Å². The molecule has 0 aliphatic rings. The van der Waals surface area contributed by atoms with E-state index >= 15 is 0 Å². The SMILES string of the molecule is CC(C)N(C)CCCCNc1ccn2nccc2n1. The van der Waals surface area contributed by atoms with Gasteiger partial charge in [0.2, 0.25) is 0 Å². The lowest BCUT2D eigenvalue weighted by molar-refractivity contribution is 0.269. The third-order valence-electron chi connectivity index (χ3n) is 3.38. The Balaban J connectivity index is 1.70. The van der Waals surface area contributed by atoms with Crippen LogP contribution in [0.25, 0.3) is 5.65 Å². The summed E-state index contributed by atoms with van der Waals surface area (Å²) in [5.41, 5.74) is 0.879. The Labute approximate surface area is 114 Å². The Hall–Kier alpha value is -1.62. The van der Waals surface area contributed by atoms with Gasteiger partial charge in [0, 0.05) is 24.8 Å². The third-order valence-corrected chi connectivity index (χ3v) is 3.38. The first-order valence-corrected chi connectivity index (χ1v) is 6.91. The first-order valence-electron chi connectivity index (χ1n) is 6.91. The molecule has 0 fully saturated rings. The summed E-state index contributed by atoms with van der Waals surface area (Å²) in [6.45, 7) is 6.56. The van der Waals surface area contributed by atoms with Crippen molar-refractivity contribution in [2.24, 2.45) is 0 Å². The maximum Gasteiger partial charge on any atom is 0.157 e. The van der Waals surface area contributed by atoms with E-state index in [1.807, 2.05) is 18.3 Å². The molecular weight excluding hydrogens is 238 g/mol. The number of fused-ring (bicyclic) bond motifs is 1. The van der Waals surface area contributed by atoms with Crippen molar-refractivity contribution in [1.29, 1.82) is 0 Å². The maximum absolute atomic E-state index is 4.48. The van der Waals surface area contributed by atoms with Crippen molar-refractivity contribution in [1.82, 2.24) is 19.5 Å². The van der Waals surface area contributed by atoms with Crippen LogP contribution >= 0.6 is 0 Å². The van der Waals surface area contributed by atoms with Gasteiger partial charge in [0.1, 0.15) is 5.82 Å². The summed E-state index contributed by atoms with van der Waals surface area (Å²) in [7, 11) is 2.17. The number of hydrogen-bond acceptors (Lipinski definition) is 4. The molecule has 0 spiro atoms. The summed E-state index contributed by atoms with van der Waals surface area (Å²) in [6.07, 6.45) is 6.05. The van der Waals surface area contributed by atoms with Gasteiger partial charge in [0.25, 0.3) is 0 Å². The summed E-state index contributed by atoms with van der Waals surface area (Å²) < 4.78 is 1.77. The number of anilines is 1. The minimum atomic E-state index is 0.624. The highest BCUT2D eigenvalue weighted by Crippen LogP contribution is 2.06. The highest BCUT2D eigenvalue weighted by atomic mass is 15.2. The lowest BCUT2D eigenvalue weighted by Gasteiger charge is -2.20. The largest absolute Gasteiger partial charge is 0.370 e. The summed E-state index contributed by atoms with van der Waals surface area (Å²) in [4.78, 5) is 6.85. The molecule has 0 saturated heterocycles. The van der Waals surface area contributed by atoms with E-state index in [0.29, 0.717) is 6.04 Å². The topological polar surface area (TPSA) is 45.5 Å². The molecule has 0 saturated carbocycles. The lowest BCUT2D eigenvalue weighted by atomic mass is 10.2. The van der Waals surface area contributed by atoms with Gasteiger partial charge in [-0.15, -0.1) is 0 Å². The van der Waals surface area contributed by atoms with Gasteiger partial charge in [-0.3, -0.25) is 0 Å². The number of hydrogen-bond donors (Lipinski definition) is 1. The second-order valence-electron chi connectivity index (χ2n) is 5.15. The highest BCUT2D eigenvalue weighted by molar-refractivity contribution is 5.45. The molecule has 1 N–H and O–H groups in total. The average molecular weight is 261 g/mol. The zero-order chi connectivity index (χ0) is 13.7. The lowest BCUT2D eigenvalue weighted by Crippen LogP contribution is -2.27. The van der Waals surface area contributed by atoms with Crippen molar-refractivity contribution >= 4 is 11.5 Å². The fourth-order valence-corrected chi connectivity index (χ4v) is 1.87. The average Bonchev–Trinajstić information content (AvgIpc) is 2.85. The highest BCUT2D eigenvalue weighted by Gasteiger charge is 2.02. The standard InChI is InChI=1S/C14H23N5/c1-12(2)18(3)10-5-4-8-15-13-7-11-19-14(17-13)6-9-16-19/h6-7,9,11-12H,4-5,8,10H2,1-3H3,(H,15,17). The van der Waals surface area contributed by atoms with Gasteiger partial charge in [0.15, 0.2) is 5.65 Å². The molecule has 2 aromatic heterocycles. The zero-order valence-electron chi connectivity index (χ0n) is 12.0. The Kier molecular flexibility index (Phi) is 4.74. The van der Waals surface area contributed by atoms with Gasteiger partial charge in [-0.25, -0.2) is 9.50 Å². The summed E-state index contributed by atoms with van der Waals surface area (Å²) in [5.74, 6) is 0.921. The molecule has 0 bridgehead atoms. The molecule has 2 aromatic rings. The van der Waals surface area contributed by atoms with Crippen LogP contribution in [-0.4, -0.2) is 45.7 Å². The van der Waals surface area contributed by atoms with Crippen LogP contribution in [0.3, 0.4) is 0 Å². The molecule has 19 heavy (non-hydrogen) atoms. The predicted octanol–water partition coefficient (Wildman–Crippen LogP) is 2.26. The molecule has 5 nitrogen and oxygen atoms in total. The van der Waals surface area contributed by atoms with Crippen molar-refractivity contribution in [2.75, 3.05) is 25.5 Å². The van der Waals surface area contributed by atoms with Gasteiger partial charge < -0.3 is 10.2 Å². The quantitative estimate of drug-likeness (QED) is 0.777. The second kappa shape index (κ2) is 6.52. The number of aromatic nitrogens is 3. The van der Waals surface area contributed by atoms with Gasteiger partial charge in [-0.05, 0) is 46.3 Å². The maximum atomic E-state index is 4.48. The van der Waals surface area contributed by atoms with Crippen molar-refractivity contribution in [3.63, 3.8) is 0 Å². The van der Waals surface area contributed by atoms with Crippen LogP contribution in [0.5, 0.6) is 0 Å². The summed E-state index contributed by atoms with van der Waals surface area (Å²) in [5, 5.41) is 7.49. The molecule has 5 heteroatoms. The van der Waals surface area contributed by atoms with Crippen LogP contribution in [0, 0.1) is 0 Å². The van der Waals surface area contributed by atoms with Crippen LogP contribution in [-0.2, 0) is 0 Å². The van der Waals surface area contributed by atoms with Gasteiger partial charge in [-0.1, -0.05) is 0 Å². The summed E-state index contributed by atoms with van der Waals surface area (Å²) >= 11 is 0. The number of nitrogens with one attached hydrogen (secondary N) is 1. The van der Waals surface area contributed by atoms with E-state index in [9.17, 15) is 0 Å². The fourth-order valence-electron chi connectivity index (χ4n) is 1.87. The Morgan fingerprint density at radius 2 is 2.16 bits per heavy atom. The molecule has 2 rings (SSSR count). The van der Waals surface area contributed by atoms with Crippen LogP contribution in [0.2, 0.25) is 0 Å². The van der Waals surface area contributed by atoms with Crippen molar-refractivity contribution < 1.29 is 0 Å². The molecule has 2 heterocycles. The number of nitrogens with zero attached hydrogens (tertiary/aromatic N) is 4. The molecule has 0 aromatic carbocycles. The predicted molar refractivity (Wildman–Crippen MR) is 78.5 cm³/mol. The smallest absolute Gasteiger partial charge is 0.157 e. The molecular formula is C14H23N5. The Morgan fingerprint density at radius 1 is 1.32 bits per heavy atom. The van der Waals surface area contributed by atoms with Crippen LogP contribution in [0.1, 0.15) is 26.7 Å². The van der Waals surface area contributed by atoms with E-state index in [4.69, 9.17) is 0 Å². The molecule has 0 aliphatic heterocycles. The third kappa shape index (κ3) is 3.92. The zero-order valence-corrected chi connectivity index (χ0v) is 12.0. The first kappa shape index (κ1) is 13.8. The fraction of sp³-hybridized carbons (Fsp3) is 0.571. The van der Waals surface area contributed by atoms with E-state index in [1.165, 1.54) is 6.42 Å². The molecule has 104 valence electrons. The Morgan fingerprint density at radius 3 is 2.95 bits per heavy atom. The van der Waals surface area contributed by atoms with Crippen LogP contribution in [0.15, 0.2) is 24.5 Å². The van der Waals surface area contributed by atoms with E-state index in [0.717, 1.165) is 31.0 Å². The van der Waals surface area contributed by atoms with Crippen molar-refractivity contribution in [3.8, 4) is 0 Å². The summed E-state index contributed by atoms with van der Waals surface area (Å²) in [6, 6.07) is 4.49. The van der Waals surface area contributed by atoms with Crippen molar-refractivity contribution in [2.45, 2.75) is 32.7 Å². The van der Waals surface area contributed by atoms with Gasteiger partial charge in [-0.2, -0.15) is 5.10 Å². The van der Waals surface area contributed by atoms with Gasteiger partial charge in [0.05, 0.1) is 6.20 Å². The molecule has 0 atom stereocenters. The normalized spacial score (nSPS) is 11.6. The molecule has 0 aliphatic carbocycles. The molecule has 0 unspecified atom stereocenters. The number of unbranched alkanes of at least 4 members (excludes halogenated alkanes) is 1. The van der Waals surface area contributed by atoms with E-state index < -0.39 is 0 Å². The van der Waals surface area contributed by atoms with Crippen LogP contribution in [0.4, 0.5) is 5.82 Å². The van der Waals surface area contributed by atoms with E-state index in [2.05, 4.69) is 41.2 Å². The van der Waals surface area contributed by atoms with E-state index in [1.54, 1.807) is 10.7 Å². The van der Waals surface area contributed by atoms with Gasteiger partial charge >= 0.3 is 0 Å².